The summed E-state index contributed by atoms with van der Waals surface area (Å²) in [7, 11) is 0. The number of halogens is 1. The molecular weight excluding hydrogens is 320 g/mol. The van der Waals surface area contributed by atoms with Gasteiger partial charge in [-0.25, -0.2) is 10.8 Å². The van der Waals surface area contributed by atoms with Crippen LogP contribution < -0.4 is 16.0 Å². The third-order valence-electron chi connectivity index (χ3n) is 2.97. The van der Waals surface area contributed by atoms with Gasteiger partial charge in [-0.05, 0) is 51.0 Å². The molecule has 0 atom stereocenters. The molecular formula is C14H17BrN4O. The van der Waals surface area contributed by atoms with Crippen LogP contribution in [0.1, 0.15) is 22.5 Å². The number of nitrogens with one attached hydrogen (secondary N) is 1. The van der Waals surface area contributed by atoms with Crippen molar-refractivity contribution in [2.24, 2.45) is 5.84 Å². The summed E-state index contributed by atoms with van der Waals surface area (Å²) in [6.07, 6.45) is 0. The van der Waals surface area contributed by atoms with Crippen molar-refractivity contribution in [1.82, 2.24) is 9.97 Å². The maximum Gasteiger partial charge on any atom is 0.227 e. The SMILES string of the molecule is Cc1nc(NN)c(C)c(Oc2cc(C)c(Br)c(C)c2)n1. The van der Waals surface area contributed by atoms with Gasteiger partial charge in [-0.15, -0.1) is 0 Å². The Kier molecular flexibility index (Phi) is 4.25. The molecule has 1 aromatic carbocycles. The van der Waals surface area contributed by atoms with Crippen LogP contribution in [0.25, 0.3) is 0 Å². The van der Waals surface area contributed by atoms with Crippen LogP contribution >= 0.6 is 15.9 Å². The molecule has 6 heteroatoms. The van der Waals surface area contributed by atoms with Gasteiger partial charge in [0, 0.05) is 4.47 Å². The van der Waals surface area contributed by atoms with Gasteiger partial charge in [-0.1, -0.05) is 15.9 Å². The summed E-state index contributed by atoms with van der Waals surface area (Å²) >= 11 is 3.54. The largest absolute Gasteiger partial charge is 0.439 e. The van der Waals surface area contributed by atoms with Gasteiger partial charge < -0.3 is 10.2 Å². The van der Waals surface area contributed by atoms with E-state index in [1.54, 1.807) is 6.92 Å². The minimum absolute atomic E-state index is 0.506. The Balaban J connectivity index is 2.42. The van der Waals surface area contributed by atoms with E-state index in [1.165, 1.54) is 0 Å². The van der Waals surface area contributed by atoms with Crippen molar-refractivity contribution in [1.29, 1.82) is 0 Å². The van der Waals surface area contributed by atoms with E-state index >= 15 is 0 Å². The summed E-state index contributed by atoms with van der Waals surface area (Å²) in [6, 6.07) is 3.92. The number of hydrogen-bond acceptors (Lipinski definition) is 5. The first kappa shape index (κ1) is 14.7. The number of hydrazine groups is 1. The van der Waals surface area contributed by atoms with E-state index in [2.05, 4.69) is 31.3 Å². The smallest absolute Gasteiger partial charge is 0.227 e. The van der Waals surface area contributed by atoms with E-state index in [0.29, 0.717) is 17.5 Å². The highest BCUT2D eigenvalue weighted by atomic mass is 79.9. The molecule has 20 heavy (non-hydrogen) atoms. The highest BCUT2D eigenvalue weighted by Gasteiger charge is 2.12. The molecule has 106 valence electrons. The van der Waals surface area contributed by atoms with Crippen molar-refractivity contribution in [3.8, 4) is 11.6 Å². The number of aryl methyl sites for hydroxylation is 3. The molecule has 0 aliphatic carbocycles. The molecule has 0 amide bonds. The summed E-state index contributed by atoms with van der Waals surface area (Å²) < 4.78 is 6.97. The molecule has 5 nitrogen and oxygen atoms in total. The van der Waals surface area contributed by atoms with Crippen molar-refractivity contribution in [3.05, 3.63) is 39.1 Å². The fraction of sp³-hybridized carbons (Fsp3) is 0.286. The predicted octanol–water partition coefficient (Wildman–Crippen LogP) is 3.55. The maximum atomic E-state index is 5.88. The van der Waals surface area contributed by atoms with Gasteiger partial charge in [0.15, 0.2) is 0 Å². The molecule has 0 saturated carbocycles. The second-order valence-electron chi connectivity index (χ2n) is 4.67. The van der Waals surface area contributed by atoms with E-state index in [4.69, 9.17) is 10.6 Å². The van der Waals surface area contributed by atoms with Crippen LogP contribution in [0.2, 0.25) is 0 Å². The number of hydrogen-bond donors (Lipinski definition) is 2. The molecule has 0 aliphatic heterocycles. The van der Waals surface area contributed by atoms with Crippen LogP contribution in [0, 0.1) is 27.7 Å². The van der Waals surface area contributed by atoms with E-state index in [-0.39, 0.29) is 0 Å². The molecule has 2 aromatic rings. The quantitative estimate of drug-likeness (QED) is 0.662. The highest BCUT2D eigenvalue weighted by molar-refractivity contribution is 9.10. The molecule has 3 N–H and O–H groups in total. The van der Waals surface area contributed by atoms with Gasteiger partial charge in [0.2, 0.25) is 5.88 Å². The van der Waals surface area contributed by atoms with Crippen molar-refractivity contribution in [2.75, 3.05) is 5.43 Å². The number of anilines is 1. The average molecular weight is 337 g/mol. The molecule has 1 heterocycles. The Bertz CT molecular complexity index is 635. The van der Waals surface area contributed by atoms with Crippen molar-refractivity contribution in [3.63, 3.8) is 0 Å². The molecule has 0 radical (unpaired) electrons. The lowest BCUT2D eigenvalue weighted by atomic mass is 10.1. The maximum absolute atomic E-state index is 5.88. The molecule has 0 bridgehead atoms. The number of aromatic nitrogens is 2. The van der Waals surface area contributed by atoms with Gasteiger partial charge in [-0.3, -0.25) is 0 Å². The third kappa shape index (κ3) is 2.91. The van der Waals surface area contributed by atoms with Gasteiger partial charge in [0.25, 0.3) is 0 Å². The fourth-order valence-electron chi connectivity index (χ4n) is 1.92. The number of nitrogen functional groups attached to an aromatic ring is 1. The first-order valence-electron chi connectivity index (χ1n) is 6.19. The number of rotatable bonds is 3. The zero-order valence-electron chi connectivity index (χ0n) is 11.9. The van der Waals surface area contributed by atoms with Crippen molar-refractivity contribution >= 4 is 21.7 Å². The summed E-state index contributed by atoms with van der Waals surface area (Å²) in [6.45, 7) is 7.71. The van der Waals surface area contributed by atoms with Crippen LogP contribution in [0.4, 0.5) is 5.82 Å². The van der Waals surface area contributed by atoms with E-state index < -0.39 is 0 Å². The summed E-state index contributed by atoms with van der Waals surface area (Å²) in [4.78, 5) is 8.53. The van der Waals surface area contributed by atoms with E-state index in [1.807, 2.05) is 32.9 Å². The second kappa shape index (κ2) is 5.76. The van der Waals surface area contributed by atoms with Crippen molar-refractivity contribution < 1.29 is 4.74 Å². The average Bonchev–Trinajstić information content (AvgIpc) is 2.39. The Morgan fingerprint density at radius 2 is 1.70 bits per heavy atom. The van der Waals surface area contributed by atoms with E-state index in [9.17, 15) is 0 Å². The van der Waals surface area contributed by atoms with E-state index in [0.717, 1.165) is 26.9 Å². The molecule has 0 spiro atoms. The third-order valence-corrected chi connectivity index (χ3v) is 4.22. The zero-order chi connectivity index (χ0) is 14.9. The molecule has 2 rings (SSSR count). The summed E-state index contributed by atoms with van der Waals surface area (Å²) in [5, 5.41) is 0. The van der Waals surface area contributed by atoms with Gasteiger partial charge in [0.05, 0.1) is 5.56 Å². The van der Waals surface area contributed by atoms with Crippen LogP contribution in [-0.4, -0.2) is 9.97 Å². The minimum Gasteiger partial charge on any atom is -0.439 e. The fourth-order valence-corrected chi connectivity index (χ4v) is 2.15. The number of nitrogens with two attached hydrogens (primary N) is 1. The number of ether oxygens (including phenoxy) is 1. The van der Waals surface area contributed by atoms with Gasteiger partial charge >= 0.3 is 0 Å². The monoisotopic (exact) mass is 336 g/mol. The van der Waals surface area contributed by atoms with Gasteiger partial charge in [0.1, 0.15) is 17.4 Å². The zero-order valence-corrected chi connectivity index (χ0v) is 13.5. The molecule has 0 aliphatic rings. The van der Waals surface area contributed by atoms with Crippen molar-refractivity contribution in [2.45, 2.75) is 27.7 Å². The first-order chi connectivity index (χ1) is 9.42. The van der Waals surface area contributed by atoms with Crippen LogP contribution in [-0.2, 0) is 0 Å². The molecule has 0 unspecified atom stereocenters. The minimum atomic E-state index is 0.506. The topological polar surface area (TPSA) is 73.1 Å². The standard InChI is InChI=1S/C14H17BrN4O/c1-7-5-11(6-8(2)12(7)15)20-14-9(3)13(19-16)17-10(4)18-14/h5-6H,16H2,1-4H3,(H,17,18,19). The summed E-state index contributed by atoms with van der Waals surface area (Å²) in [5.41, 5.74) is 5.55. The Labute approximate surface area is 126 Å². The molecule has 0 saturated heterocycles. The number of nitrogens with zero attached hydrogens (tertiary/aromatic N) is 2. The predicted molar refractivity (Wildman–Crippen MR) is 83.0 cm³/mol. The first-order valence-corrected chi connectivity index (χ1v) is 6.98. The normalized spacial score (nSPS) is 10.5. The lowest BCUT2D eigenvalue weighted by Gasteiger charge is -2.13. The lowest BCUT2D eigenvalue weighted by molar-refractivity contribution is 0.455. The van der Waals surface area contributed by atoms with Crippen LogP contribution in [0.15, 0.2) is 16.6 Å². The second-order valence-corrected chi connectivity index (χ2v) is 5.46. The molecule has 0 fully saturated rings. The van der Waals surface area contributed by atoms with Crippen LogP contribution in [0.5, 0.6) is 11.6 Å². The van der Waals surface area contributed by atoms with Gasteiger partial charge in [-0.2, -0.15) is 4.98 Å². The highest BCUT2D eigenvalue weighted by Crippen LogP contribution is 2.31. The lowest BCUT2D eigenvalue weighted by Crippen LogP contribution is -2.12. The molecule has 1 aromatic heterocycles. The Morgan fingerprint density at radius 3 is 2.25 bits per heavy atom. The Morgan fingerprint density at radius 1 is 1.10 bits per heavy atom. The Hall–Kier alpha value is -1.66. The summed E-state index contributed by atoms with van der Waals surface area (Å²) in [5.74, 6) is 7.87. The number of benzene rings is 1. The van der Waals surface area contributed by atoms with Crippen LogP contribution in [0.3, 0.4) is 0 Å².